The first-order valence-corrected chi connectivity index (χ1v) is 13.0. The van der Waals surface area contributed by atoms with Gasteiger partial charge in [0.05, 0.1) is 22.1 Å². The number of nitrogens with zero attached hydrogens (tertiary/aromatic N) is 3. The first-order chi connectivity index (χ1) is 15.3. The van der Waals surface area contributed by atoms with Gasteiger partial charge in [-0.05, 0) is 56.2 Å². The van der Waals surface area contributed by atoms with E-state index in [1.165, 1.54) is 27.8 Å². The van der Waals surface area contributed by atoms with Crippen molar-refractivity contribution >= 4 is 49.1 Å². The predicted molar refractivity (Wildman–Crippen MR) is 125 cm³/mol. The molecule has 1 fully saturated rings. The number of thiazole rings is 1. The number of sulfonamides is 1. The van der Waals surface area contributed by atoms with E-state index < -0.39 is 15.9 Å². The van der Waals surface area contributed by atoms with Crippen LogP contribution in [0.3, 0.4) is 0 Å². The van der Waals surface area contributed by atoms with Crippen molar-refractivity contribution in [2.75, 3.05) is 19.7 Å². The minimum absolute atomic E-state index is 0.117. The summed E-state index contributed by atoms with van der Waals surface area (Å²) < 4.78 is 36.0. The van der Waals surface area contributed by atoms with Gasteiger partial charge in [-0.3, -0.25) is 4.79 Å². The molecule has 10 heteroatoms. The number of carbonyl (C=O) groups is 1. The molecule has 1 unspecified atom stereocenters. The number of para-hydroxylation sites is 1. The van der Waals surface area contributed by atoms with E-state index in [1.807, 2.05) is 36.7 Å². The number of hydrogen-bond donors (Lipinski definition) is 0. The van der Waals surface area contributed by atoms with E-state index in [0.717, 1.165) is 16.0 Å². The molecular formula is C22H24ClN3O4S2. The lowest BCUT2D eigenvalue weighted by atomic mass is 9.99. The molecule has 1 aliphatic rings. The van der Waals surface area contributed by atoms with Gasteiger partial charge >= 0.3 is 0 Å². The molecule has 1 amide bonds. The molecule has 1 aliphatic heterocycles. The minimum atomic E-state index is -3.70. The summed E-state index contributed by atoms with van der Waals surface area (Å²) >= 11 is 7.30. The van der Waals surface area contributed by atoms with E-state index in [2.05, 4.69) is 4.99 Å². The van der Waals surface area contributed by atoms with Gasteiger partial charge in [0.25, 0.3) is 5.91 Å². The lowest BCUT2D eigenvalue weighted by Crippen LogP contribution is -2.42. The number of benzene rings is 2. The second-order valence-electron chi connectivity index (χ2n) is 7.59. The third kappa shape index (κ3) is 4.47. The van der Waals surface area contributed by atoms with Crippen molar-refractivity contribution in [1.29, 1.82) is 0 Å². The number of ether oxygens (including phenoxy) is 1. The highest BCUT2D eigenvalue weighted by Gasteiger charge is 2.33. The second kappa shape index (κ2) is 9.35. The van der Waals surface area contributed by atoms with Crippen LogP contribution in [0, 0.1) is 5.92 Å². The fraction of sp³-hybridized carbons (Fsp3) is 0.364. The molecule has 0 bridgehead atoms. The molecule has 1 saturated heterocycles. The number of amides is 1. The van der Waals surface area contributed by atoms with Crippen LogP contribution in [0.1, 0.15) is 19.8 Å². The maximum Gasteiger partial charge on any atom is 0.252 e. The average Bonchev–Trinajstić information content (AvgIpc) is 3.10. The molecule has 0 saturated carbocycles. The molecule has 1 aromatic heterocycles. The van der Waals surface area contributed by atoms with Crippen molar-refractivity contribution in [3.63, 3.8) is 0 Å². The van der Waals surface area contributed by atoms with E-state index in [4.69, 9.17) is 16.3 Å². The Hall–Kier alpha value is -2.20. The van der Waals surface area contributed by atoms with E-state index in [1.54, 1.807) is 12.1 Å². The van der Waals surface area contributed by atoms with E-state index in [0.29, 0.717) is 35.8 Å². The van der Waals surface area contributed by atoms with Crippen LogP contribution in [0.15, 0.2) is 52.4 Å². The monoisotopic (exact) mass is 493 g/mol. The Morgan fingerprint density at radius 3 is 2.72 bits per heavy atom. The van der Waals surface area contributed by atoms with Gasteiger partial charge < -0.3 is 9.30 Å². The zero-order chi connectivity index (χ0) is 22.9. The summed E-state index contributed by atoms with van der Waals surface area (Å²) in [6, 6.07) is 11.8. The van der Waals surface area contributed by atoms with Gasteiger partial charge in [0.15, 0.2) is 4.80 Å². The number of fused-ring (bicyclic) bond motifs is 1. The molecule has 0 N–H and O–H groups in total. The van der Waals surface area contributed by atoms with Crippen LogP contribution in [-0.4, -0.2) is 42.9 Å². The Kier molecular flexibility index (Phi) is 6.71. The fourth-order valence-electron chi connectivity index (χ4n) is 3.85. The van der Waals surface area contributed by atoms with Crippen molar-refractivity contribution in [3.8, 4) is 5.75 Å². The molecule has 170 valence electrons. The standard InChI is InChI=1S/C22H24ClN3O4S2/c1-3-30-18-7-4-8-19-20(18)25(2)22(31-19)24-21(27)15-6-5-13-26(14-15)32(28,29)17-11-9-16(23)10-12-17/h4,7-12,15H,3,5-6,13-14H2,1-2H3. The fourth-order valence-corrected chi connectivity index (χ4v) is 6.54. The number of carbonyl (C=O) groups excluding carboxylic acids is 1. The quantitative estimate of drug-likeness (QED) is 0.541. The van der Waals surface area contributed by atoms with Crippen molar-refractivity contribution in [1.82, 2.24) is 8.87 Å². The number of hydrogen-bond acceptors (Lipinski definition) is 5. The summed E-state index contributed by atoms with van der Waals surface area (Å²) in [7, 11) is -1.84. The minimum Gasteiger partial charge on any atom is -0.492 e. The molecule has 32 heavy (non-hydrogen) atoms. The second-order valence-corrected chi connectivity index (χ2v) is 11.0. The van der Waals surface area contributed by atoms with Gasteiger partial charge in [-0.2, -0.15) is 9.30 Å². The van der Waals surface area contributed by atoms with Crippen LogP contribution in [0.4, 0.5) is 0 Å². The number of halogens is 1. The van der Waals surface area contributed by atoms with Gasteiger partial charge in [0.2, 0.25) is 10.0 Å². The van der Waals surface area contributed by atoms with Crippen molar-refractivity contribution in [2.24, 2.45) is 18.0 Å². The lowest BCUT2D eigenvalue weighted by Gasteiger charge is -2.30. The molecule has 0 radical (unpaired) electrons. The van der Waals surface area contributed by atoms with Gasteiger partial charge in [-0.1, -0.05) is 29.0 Å². The highest BCUT2D eigenvalue weighted by atomic mass is 35.5. The molecule has 2 heterocycles. The van der Waals surface area contributed by atoms with Gasteiger partial charge in [0.1, 0.15) is 11.3 Å². The molecular weight excluding hydrogens is 470 g/mol. The summed E-state index contributed by atoms with van der Waals surface area (Å²) in [6.07, 6.45) is 1.21. The zero-order valence-corrected chi connectivity index (χ0v) is 20.2. The summed E-state index contributed by atoms with van der Waals surface area (Å²) in [5.74, 6) is -0.0425. The predicted octanol–water partition coefficient (Wildman–Crippen LogP) is 3.82. The molecule has 0 spiro atoms. The first kappa shape index (κ1) is 23.0. The SMILES string of the molecule is CCOc1cccc2sc(=NC(=O)C3CCCN(S(=O)(=O)c4ccc(Cl)cc4)C3)n(C)c12. The normalized spacial score (nSPS) is 18.2. The Labute approximate surface area is 196 Å². The molecule has 2 aromatic carbocycles. The summed E-state index contributed by atoms with van der Waals surface area (Å²) in [6.45, 7) is 2.96. The average molecular weight is 494 g/mol. The Balaban J connectivity index is 1.60. The van der Waals surface area contributed by atoms with E-state index in [9.17, 15) is 13.2 Å². The number of rotatable bonds is 5. The van der Waals surface area contributed by atoms with E-state index >= 15 is 0 Å². The molecule has 7 nitrogen and oxygen atoms in total. The van der Waals surface area contributed by atoms with Gasteiger partial charge in [-0.25, -0.2) is 8.42 Å². The highest BCUT2D eigenvalue weighted by Crippen LogP contribution is 2.28. The third-order valence-corrected chi connectivity index (χ3v) is 8.70. The molecule has 3 aromatic rings. The maximum absolute atomic E-state index is 13.0. The van der Waals surface area contributed by atoms with Crippen LogP contribution in [0.5, 0.6) is 5.75 Å². The molecule has 1 atom stereocenters. The molecule has 0 aliphatic carbocycles. The van der Waals surface area contributed by atoms with Crippen LogP contribution < -0.4 is 9.54 Å². The van der Waals surface area contributed by atoms with Gasteiger partial charge in [0, 0.05) is 25.2 Å². The van der Waals surface area contributed by atoms with Crippen molar-refractivity contribution in [2.45, 2.75) is 24.7 Å². The van der Waals surface area contributed by atoms with Gasteiger partial charge in [-0.15, -0.1) is 0 Å². The third-order valence-electron chi connectivity index (χ3n) is 5.48. The lowest BCUT2D eigenvalue weighted by molar-refractivity contribution is -0.122. The van der Waals surface area contributed by atoms with Crippen LogP contribution in [0.2, 0.25) is 5.02 Å². The summed E-state index contributed by atoms with van der Waals surface area (Å²) in [5, 5.41) is 0.471. The maximum atomic E-state index is 13.0. The van der Waals surface area contributed by atoms with Crippen LogP contribution >= 0.6 is 22.9 Å². The smallest absolute Gasteiger partial charge is 0.252 e. The number of piperidine rings is 1. The Bertz CT molecular complexity index is 1310. The number of aromatic nitrogens is 1. The Morgan fingerprint density at radius 1 is 1.25 bits per heavy atom. The summed E-state index contributed by atoms with van der Waals surface area (Å²) in [4.78, 5) is 18.1. The highest BCUT2D eigenvalue weighted by molar-refractivity contribution is 7.89. The zero-order valence-electron chi connectivity index (χ0n) is 17.8. The summed E-state index contributed by atoms with van der Waals surface area (Å²) in [5.41, 5.74) is 0.890. The van der Waals surface area contributed by atoms with Crippen molar-refractivity contribution < 1.29 is 17.9 Å². The molecule has 4 rings (SSSR count). The van der Waals surface area contributed by atoms with E-state index in [-0.39, 0.29) is 17.3 Å². The number of aryl methyl sites for hydroxylation is 1. The topological polar surface area (TPSA) is 81.0 Å². The van der Waals surface area contributed by atoms with Crippen LogP contribution in [-0.2, 0) is 21.9 Å². The largest absolute Gasteiger partial charge is 0.492 e. The van der Waals surface area contributed by atoms with Crippen molar-refractivity contribution in [3.05, 3.63) is 52.3 Å². The first-order valence-electron chi connectivity index (χ1n) is 10.4. The van der Waals surface area contributed by atoms with Crippen LogP contribution in [0.25, 0.3) is 10.2 Å². The Morgan fingerprint density at radius 2 is 2.00 bits per heavy atom.